The zero-order valence-corrected chi connectivity index (χ0v) is 7.83. The number of aliphatic hydroxyl groups is 1. The highest BCUT2D eigenvalue weighted by Crippen LogP contribution is 2.27. The number of halogens is 3. The van der Waals surface area contributed by atoms with Crippen LogP contribution in [-0.4, -0.2) is 16.7 Å². The van der Waals surface area contributed by atoms with Gasteiger partial charge in [0.15, 0.2) is 0 Å². The molecule has 1 atom stereocenters. The third-order valence-corrected chi connectivity index (χ3v) is 1.95. The Bertz CT molecular complexity index is 310. The zero-order chi connectivity index (χ0) is 11.5. The number of nitrogens with two attached hydrogens (primary N) is 1. The van der Waals surface area contributed by atoms with Gasteiger partial charge in [-0.25, -0.2) is 0 Å². The van der Waals surface area contributed by atoms with E-state index in [4.69, 9.17) is 10.8 Å². The van der Waals surface area contributed by atoms with E-state index in [1.54, 1.807) is 0 Å². The average Bonchev–Trinajstić information content (AvgIpc) is 2.17. The number of pyridine rings is 1. The van der Waals surface area contributed by atoms with Crippen LogP contribution in [0.25, 0.3) is 0 Å². The molecule has 0 radical (unpaired) electrons. The van der Waals surface area contributed by atoms with E-state index in [1.807, 2.05) is 0 Å². The maximum atomic E-state index is 12.1. The number of alkyl halides is 3. The third-order valence-electron chi connectivity index (χ3n) is 1.95. The molecule has 3 nitrogen and oxygen atoms in total. The first-order valence-electron chi connectivity index (χ1n) is 4.34. The van der Waals surface area contributed by atoms with Gasteiger partial charge in [-0.05, 0) is 18.1 Å². The summed E-state index contributed by atoms with van der Waals surface area (Å²) in [7, 11) is 0. The highest BCUT2D eigenvalue weighted by Gasteiger charge is 2.32. The van der Waals surface area contributed by atoms with Crippen LogP contribution in [0.15, 0.2) is 18.3 Å². The molecule has 1 aromatic heterocycles. The summed E-state index contributed by atoms with van der Waals surface area (Å²) < 4.78 is 36.4. The third kappa shape index (κ3) is 3.17. The molecule has 0 aliphatic heterocycles. The first kappa shape index (κ1) is 11.9. The number of rotatable bonds is 3. The summed E-state index contributed by atoms with van der Waals surface area (Å²) in [6, 6.07) is 1.67. The lowest BCUT2D eigenvalue weighted by molar-refractivity contribution is -0.141. The van der Waals surface area contributed by atoms with Gasteiger partial charge < -0.3 is 10.8 Å². The molecule has 0 bridgehead atoms. The summed E-state index contributed by atoms with van der Waals surface area (Å²) in [5, 5.41) is 8.60. The van der Waals surface area contributed by atoms with Gasteiger partial charge in [-0.1, -0.05) is 6.07 Å². The van der Waals surface area contributed by atoms with Gasteiger partial charge in [-0.2, -0.15) is 13.2 Å². The molecule has 0 aliphatic carbocycles. The second kappa shape index (κ2) is 4.59. The fourth-order valence-electron chi connectivity index (χ4n) is 1.10. The van der Waals surface area contributed by atoms with Gasteiger partial charge in [0, 0.05) is 18.8 Å². The van der Waals surface area contributed by atoms with Crippen molar-refractivity contribution in [2.75, 3.05) is 6.61 Å². The van der Waals surface area contributed by atoms with Gasteiger partial charge >= 0.3 is 6.18 Å². The molecule has 0 spiro atoms. The van der Waals surface area contributed by atoms with Crippen molar-refractivity contribution in [2.24, 2.45) is 5.73 Å². The SMILES string of the molecule is N[C@@H](CCO)c1ccc(C(F)(F)F)nc1. The summed E-state index contributed by atoms with van der Waals surface area (Å²) in [6.07, 6.45) is -3.05. The molecular formula is C9H11F3N2O. The average molecular weight is 220 g/mol. The number of hydrogen-bond donors (Lipinski definition) is 2. The van der Waals surface area contributed by atoms with E-state index in [0.29, 0.717) is 12.0 Å². The Kier molecular flexibility index (Phi) is 3.65. The topological polar surface area (TPSA) is 59.1 Å². The van der Waals surface area contributed by atoms with Crippen molar-refractivity contribution in [3.05, 3.63) is 29.6 Å². The van der Waals surface area contributed by atoms with Crippen LogP contribution >= 0.6 is 0 Å². The van der Waals surface area contributed by atoms with Gasteiger partial charge in [-0.15, -0.1) is 0 Å². The zero-order valence-electron chi connectivity index (χ0n) is 7.83. The van der Waals surface area contributed by atoms with Crippen LogP contribution in [0.3, 0.4) is 0 Å². The quantitative estimate of drug-likeness (QED) is 0.811. The second-order valence-electron chi connectivity index (χ2n) is 3.09. The molecule has 0 saturated carbocycles. The van der Waals surface area contributed by atoms with Crippen molar-refractivity contribution in [3.8, 4) is 0 Å². The van der Waals surface area contributed by atoms with Gasteiger partial charge in [0.1, 0.15) is 5.69 Å². The Labute approximate surface area is 84.7 Å². The fourth-order valence-corrected chi connectivity index (χ4v) is 1.10. The summed E-state index contributed by atoms with van der Waals surface area (Å²) in [4.78, 5) is 3.27. The summed E-state index contributed by atoms with van der Waals surface area (Å²) in [6.45, 7) is -0.109. The molecule has 0 saturated heterocycles. The van der Waals surface area contributed by atoms with Crippen LogP contribution in [0.4, 0.5) is 13.2 Å². The summed E-state index contributed by atoms with van der Waals surface area (Å²) in [5.41, 5.74) is 5.12. The molecule has 1 rings (SSSR count). The van der Waals surface area contributed by atoms with Crippen LogP contribution in [0.1, 0.15) is 23.7 Å². The standard InChI is InChI=1S/C9H11F3N2O/c10-9(11,12)8-2-1-6(5-14-8)7(13)3-4-15/h1-2,5,7,15H,3-4,13H2/t7-/m0/s1. The molecule has 1 heterocycles. The maximum Gasteiger partial charge on any atom is 0.433 e. The van der Waals surface area contributed by atoms with E-state index in [-0.39, 0.29) is 6.61 Å². The van der Waals surface area contributed by atoms with Crippen LogP contribution < -0.4 is 5.73 Å². The maximum absolute atomic E-state index is 12.1. The molecule has 0 aromatic carbocycles. The molecule has 1 aromatic rings. The predicted octanol–water partition coefficient (Wildman–Crippen LogP) is 1.48. The van der Waals surface area contributed by atoms with Gasteiger partial charge in [0.25, 0.3) is 0 Å². The minimum Gasteiger partial charge on any atom is -0.396 e. The Morgan fingerprint density at radius 3 is 2.47 bits per heavy atom. The van der Waals surface area contributed by atoms with Crippen LogP contribution in [0, 0.1) is 0 Å². The molecule has 0 fully saturated rings. The minimum absolute atomic E-state index is 0.109. The van der Waals surface area contributed by atoms with Gasteiger partial charge in [0.2, 0.25) is 0 Å². The van der Waals surface area contributed by atoms with E-state index in [9.17, 15) is 13.2 Å². The predicted molar refractivity (Wildman–Crippen MR) is 47.9 cm³/mol. The van der Waals surface area contributed by atoms with Crippen LogP contribution in [0.5, 0.6) is 0 Å². The summed E-state index contributed by atoms with van der Waals surface area (Å²) >= 11 is 0. The molecule has 0 aliphatic rings. The Morgan fingerprint density at radius 2 is 2.07 bits per heavy atom. The highest BCUT2D eigenvalue weighted by molar-refractivity contribution is 5.18. The first-order valence-corrected chi connectivity index (χ1v) is 4.34. The van der Waals surface area contributed by atoms with E-state index in [0.717, 1.165) is 12.3 Å². The van der Waals surface area contributed by atoms with E-state index < -0.39 is 17.9 Å². The van der Waals surface area contributed by atoms with Crippen molar-refractivity contribution in [1.29, 1.82) is 0 Å². The molecule has 0 unspecified atom stereocenters. The van der Waals surface area contributed by atoms with Gasteiger partial charge in [-0.3, -0.25) is 4.98 Å². The van der Waals surface area contributed by atoms with E-state index >= 15 is 0 Å². The molecule has 15 heavy (non-hydrogen) atoms. The highest BCUT2D eigenvalue weighted by atomic mass is 19.4. The van der Waals surface area contributed by atoms with Crippen LogP contribution in [-0.2, 0) is 6.18 Å². The first-order chi connectivity index (χ1) is 6.95. The Hall–Kier alpha value is -1.14. The molecule has 3 N–H and O–H groups in total. The Balaban J connectivity index is 2.81. The lowest BCUT2D eigenvalue weighted by atomic mass is 10.1. The number of aromatic nitrogens is 1. The normalized spacial score (nSPS) is 13.9. The lowest BCUT2D eigenvalue weighted by Crippen LogP contribution is -2.14. The second-order valence-corrected chi connectivity index (χ2v) is 3.09. The number of aliphatic hydroxyl groups excluding tert-OH is 1. The largest absolute Gasteiger partial charge is 0.433 e. The van der Waals surface area contributed by atoms with E-state index in [2.05, 4.69) is 4.98 Å². The fraction of sp³-hybridized carbons (Fsp3) is 0.444. The molecular weight excluding hydrogens is 209 g/mol. The van der Waals surface area contributed by atoms with Crippen molar-refractivity contribution in [3.63, 3.8) is 0 Å². The van der Waals surface area contributed by atoms with Crippen molar-refractivity contribution in [1.82, 2.24) is 4.98 Å². The number of hydrogen-bond acceptors (Lipinski definition) is 3. The van der Waals surface area contributed by atoms with Crippen molar-refractivity contribution in [2.45, 2.75) is 18.6 Å². The molecule has 6 heteroatoms. The number of nitrogens with zero attached hydrogens (tertiary/aromatic N) is 1. The monoisotopic (exact) mass is 220 g/mol. The van der Waals surface area contributed by atoms with Crippen molar-refractivity contribution >= 4 is 0 Å². The molecule has 0 amide bonds. The minimum atomic E-state index is -4.43. The Morgan fingerprint density at radius 1 is 1.40 bits per heavy atom. The van der Waals surface area contributed by atoms with E-state index in [1.165, 1.54) is 6.07 Å². The smallest absolute Gasteiger partial charge is 0.396 e. The van der Waals surface area contributed by atoms with Crippen LogP contribution in [0.2, 0.25) is 0 Å². The summed E-state index contributed by atoms with van der Waals surface area (Å²) in [5.74, 6) is 0. The lowest BCUT2D eigenvalue weighted by Gasteiger charge is -2.11. The van der Waals surface area contributed by atoms with Crippen molar-refractivity contribution < 1.29 is 18.3 Å². The molecule has 84 valence electrons. The van der Waals surface area contributed by atoms with Gasteiger partial charge in [0.05, 0.1) is 0 Å².